The first-order valence-corrected chi connectivity index (χ1v) is 9.44. The van der Waals surface area contributed by atoms with Gasteiger partial charge in [0.15, 0.2) is 0 Å². The summed E-state index contributed by atoms with van der Waals surface area (Å²) in [6.45, 7) is 2.34. The van der Waals surface area contributed by atoms with E-state index in [1.54, 1.807) is 6.08 Å². The fourth-order valence-electron chi connectivity index (χ4n) is 3.01. The van der Waals surface area contributed by atoms with Gasteiger partial charge < -0.3 is 9.57 Å². The Hall–Kier alpha value is -1.97. The SMILES string of the molecule is CC(O/N=C1\CCCc2c(OCC=C(Cl)Cl)cccc21)c1ccccc1. The van der Waals surface area contributed by atoms with Gasteiger partial charge in [-0.25, -0.2) is 0 Å². The second-order valence-corrected chi connectivity index (χ2v) is 7.14. The van der Waals surface area contributed by atoms with Crippen LogP contribution in [0.4, 0.5) is 0 Å². The molecule has 2 aromatic rings. The van der Waals surface area contributed by atoms with E-state index in [0.717, 1.165) is 47.4 Å². The normalized spacial score (nSPS) is 15.9. The molecule has 0 fully saturated rings. The van der Waals surface area contributed by atoms with Gasteiger partial charge in [0.2, 0.25) is 0 Å². The quantitative estimate of drug-likeness (QED) is 0.550. The Morgan fingerprint density at radius 3 is 2.69 bits per heavy atom. The number of hydrogen-bond donors (Lipinski definition) is 0. The zero-order valence-electron chi connectivity index (χ0n) is 14.6. The van der Waals surface area contributed by atoms with E-state index in [-0.39, 0.29) is 10.6 Å². The van der Waals surface area contributed by atoms with E-state index in [4.69, 9.17) is 32.8 Å². The van der Waals surface area contributed by atoms with Gasteiger partial charge in [0, 0.05) is 11.1 Å². The number of oxime groups is 1. The van der Waals surface area contributed by atoms with Crippen molar-refractivity contribution in [1.29, 1.82) is 0 Å². The Morgan fingerprint density at radius 1 is 1.12 bits per heavy atom. The molecule has 5 heteroatoms. The van der Waals surface area contributed by atoms with Crippen LogP contribution in [0.2, 0.25) is 0 Å². The van der Waals surface area contributed by atoms with Crippen LogP contribution < -0.4 is 4.74 Å². The summed E-state index contributed by atoms with van der Waals surface area (Å²) >= 11 is 11.3. The van der Waals surface area contributed by atoms with Crippen molar-refractivity contribution in [3.63, 3.8) is 0 Å². The molecule has 0 heterocycles. The van der Waals surface area contributed by atoms with Gasteiger partial charge in [0.25, 0.3) is 0 Å². The lowest BCUT2D eigenvalue weighted by Crippen LogP contribution is -2.14. The van der Waals surface area contributed by atoms with Crippen molar-refractivity contribution in [3.8, 4) is 5.75 Å². The van der Waals surface area contributed by atoms with Crippen molar-refractivity contribution in [2.45, 2.75) is 32.3 Å². The number of halogens is 2. The Morgan fingerprint density at radius 2 is 1.92 bits per heavy atom. The molecule has 3 nitrogen and oxygen atoms in total. The number of fused-ring (bicyclic) bond motifs is 1. The van der Waals surface area contributed by atoms with E-state index >= 15 is 0 Å². The fourth-order valence-corrected chi connectivity index (χ4v) is 3.14. The zero-order valence-corrected chi connectivity index (χ0v) is 16.1. The maximum atomic E-state index is 5.82. The molecule has 1 aliphatic carbocycles. The van der Waals surface area contributed by atoms with Crippen molar-refractivity contribution in [1.82, 2.24) is 0 Å². The largest absolute Gasteiger partial charge is 0.489 e. The highest BCUT2D eigenvalue weighted by atomic mass is 35.5. The van der Waals surface area contributed by atoms with Crippen molar-refractivity contribution < 1.29 is 9.57 Å². The van der Waals surface area contributed by atoms with E-state index in [0.29, 0.717) is 6.61 Å². The summed E-state index contributed by atoms with van der Waals surface area (Å²) in [5.74, 6) is 0.844. The van der Waals surface area contributed by atoms with E-state index in [1.165, 1.54) is 0 Å². The van der Waals surface area contributed by atoms with E-state index in [9.17, 15) is 0 Å². The maximum Gasteiger partial charge on any atom is 0.149 e. The van der Waals surface area contributed by atoms with Crippen LogP contribution in [0.3, 0.4) is 0 Å². The summed E-state index contributed by atoms with van der Waals surface area (Å²) in [4.78, 5) is 5.78. The van der Waals surface area contributed by atoms with Crippen LogP contribution in [0.1, 0.15) is 42.6 Å². The minimum Gasteiger partial charge on any atom is -0.489 e. The molecule has 0 aromatic heterocycles. The minimum absolute atomic E-state index is 0.0930. The molecule has 0 N–H and O–H groups in total. The number of benzene rings is 2. The molecule has 1 aliphatic rings. The summed E-state index contributed by atoms with van der Waals surface area (Å²) in [7, 11) is 0. The molecule has 3 rings (SSSR count). The van der Waals surface area contributed by atoms with Gasteiger partial charge >= 0.3 is 0 Å². The van der Waals surface area contributed by atoms with Gasteiger partial charge in [0.05, 0.1) is 5.71 Å². The first kappa shape index (κ1) is 18.8. The van der Waals surface area contributed by atoms with E-state index in [1.807, 2.05) is 49.4 Å². The van der Waals surface area contributed by atoms with Gasteiger partial charge in [-0.05, 0) is 43.9 Å². The van der Waals surface area contributed by atoms with Crippen LogP contribution >= 0.6 is 23.2 Å². The van der Waals surface area contributed by atoms with Gasteiger partial charge in [-0.1, -0.05) is 70.8 Å². The number of rotatable bonds is 6. The lowest BCUT2D eigenvalue weighted by molar-refractivity contribution is 0.0718. The van der Waals surface area contributed by atoms with Gasteiger partial charge in [-0.15, -0.1) is 0 Å². The average Bonchev–Trinajstić information content (AvgIpc) is 2.66. The second-order valence-electron chi connectivity index (χ2n) is 6.14. The summed E-state index contributed by atoms with van der Waals surface area (Å²) in [5.41, 5.74) is 4.32. The third-order valence-electron chi connectivity index (χ3n) is 4.35. The van der Waals surface area contributed by atoms with Crippen LogP contribution in [0.15, 0.2) is 64.3 Å². The monoisotopic (exact) mass is 389 g/mol. The molecule has 1 atom stereocenters. The van der Waals surface area contributed by atoms with Crippen molar-refractivity contribution in [2.24, 2.45) is 5.16 Å². The molecule has 0 saturated heterocycles. The molecule has 1 unspecified atom stereocenters. The summed E-state index contributed by atoms with van der Waals surface area (Å²) in [6.07, 6.45) is 4.40. The van der Waals surface area contributed by atoms with Crippen molar-refractivity contribution in [2.75, 3.05) is 6.61 Å². The summed E-state index contributed by atoms with van der Waals surface area (Å²) < 4.78 is 6.03. The molecule has 0 spiro atoms. The molecule has 0 amide bonds. The molecule has 0 radical (unpaired) electrons. The summed E-state index contributed by atoms with van der Waals surface area (Å²) in [6, 6.07) is 16.1. The molecule has 26 heavy (non-hydrogen) atoms. The predicted molar refractivity (Wildman–Crippen MR) is 107 cm³/mol. The molecular weight excluding hydrogens is 369 g/mol. The number of nitrogens with zero attached hydrogens (tertiary/aromatic N) is 1. The first-order chi connectivity index (χ1) is 12.6. The van der Waals surface area contributed by atoms with Crippen LogP contribution in [0.25, 0.3) is 0 Å². The fraction of sp³-hybridized carbons (Fsp3) is 0.286. The molecular formula is C21H21Cl2NO2. The standard InChI is InChI=1S/C21H21Cl2NO2/c1-15(16-7-3-2-4-8-16)26-24-19-11-5-10-18-17(19)9-6-12-20(18)25-14-13-21(22)23/h2-4,6-9,12-13,15H,5,10-11,14H2,1H3/b24-19+. The summed E-state index contributed by atoms with van der Waals surface area (Å²) in [5, 5.41) is 4.46. The lowest BCUT2D eigenvalue weighted by Gasteiger charge is -2.21. The highest BCUT2D eigenvalue weighted by Gasteiger charge is 2.20. The molecule has 0 bridgehead atoms. The van der Waals surface area contributed by atoms with Crippen LogP contribution in [0.5, 0.6) is 5.75 Å². The van der Waals surface area contributed by atoms with Gasteiger partial charge in [-0.2, -0.15) is 0 Å². The second kappa shape index (κ2) is 9.11. The smallest absolute Gasteiger partial charge is 0.149 e. The molecule has 0 aliphatic heterocycles. The highest BCUT2D eigenvalue weighted by Crippen LogP contribution is 2.31. The predicted octanol–water partition coefficient (Wildman–Crippen LogP) is 6.20. The van der Waals surface area contributed by atoms with Crippen molar-refractivity contribution >= 4 is 28.9 Å². The van der Waals surface area contributed by atoms with E-state index in [2.05, 4.69) is 11.2 Å². The van der Waals surface area contributed by atoms with Gasteiger partial charge in [-0.3, -0.25) is 0 Å². The Kier molecular flexibility index (Phi) is 6.59. The molecule has 0 saturated carbocycles. The van der Waals surface area contributed by atoms with Gasteiger partial charge in [0.1, 0.15) is 23.0 Å². The lowest BCUT2D eigenvalue weighted by atomic mass is 9.89. The molecule has 2 aromatic carbocycles. The van der Waals surface area contributed by atoms with Crippen molar-refractivity contribution in [3.05, 3.63) is 75.8 Å². The third kappa shape index (κ3) is 4.80. The molecule has 136 valence electrons. The van der Waals surface area contributed by atoms with Crippen LogP contribution in [0, 0.1) is 0 Å². The highest BCUT2D eigenvalue weighted by molar-refractivity contribution is 6.55. The zero-order chi connectivity index (χ0) is 18.4. The minimum atomic E-state index is -0.0930. The van der Waals surface area contributed by atoms with Crippen LogP contribution in [-0.2, 0) is 11.3 Å². The number of hydrogen-bond acceptors (Lipinski definition) is 3. The maximum absolute atomic E-state index is 5.82. The number of ether oxygens (including phenoxy) is 1. The Balaban J connectivity index is 1.77. The Labute approximate surface area is 164 Å². The van der Waals surface area contributed by atoms with E-state index < -0.39 is 0 Å². The first-order valence-electron chi connectivity index (χ1n) is 8.69. The Bertz CT molecular complexity index is 799. The topological polar surface area (TPSA) is 30.8 Å². The average molecular weight is 390 g/mol. The third-order valence-corrected chi connectivity index (χ3v) is 4.66. The van der Waals surface area contributed by atoms with Crippen LogP contribution in [-0.4, -0.2) is 12.3 Å².